The number of ether oxygens (including phenoxy) is 2. The van der Waals surface area contributed by atoms with Gasteiger partial charge in [-0.15, -0.1) is 0 Å². The van der Waals surface area contributed by atoms with E-state index in [0.29, 0.717) is 35.1 Å². The molecule has 2 aromatic rings. The lowest BCUT2D eigenvalue weighted by Gasteiger charge is -2.15. The Bertz CT molecular complexity index is 699. The van der Waals surface area contributed by atoms with Crippen LogP contribution in [-0.4, -0.2) is 24.6 Å². The summed E-state index contributed by atoms with van der Waals surface area (Å²) in [5.74, 6) is 0.907. The lowest BCUT2D eigenvalue weighted by molar-refractivity contribution is 0.102. The fourth-order valence-corrected chi connectivity index (χ4v) is 2.33. The fourth-order valence-electron chi connectivity index (χ4n) is 2.33. The summed E-state index contributed by atoms with van der Waals surface area (Å²) in [6.45, 7) is 6.27. The highest BCUT2D eigenvalue weighted by molar-refractivity contribution is 6.07. The molecule has 0 fully saturated rings. The van der Waals surface area contributed by atoms with Crippen LogP contribution in [0, 0.1) is 13.8 Å². The lowest BCUT2D eigenvalue weighted by Crippen LogP contribution is -2.17. The summed E-state index contributed by atoms with van der Waals surface area (Å²) >= 11 is 0. The van der Waals surface area contributed by atoms with E-state index in [0.717, 1.165) is 12.1 Å². The summed E-state index contributed by atoms with van der Waals surface area (Å²) in [7, 11) is 1.57. The molecular weight excluding hydrogens is 292 g/mol. The molecule has 0 saturated heterocycles. The number of aromatic nitrogens is 1. The molecule has 1 heterocycles. The van der Waals surface area contributed by atoms with Gasteiger partial charge in [0, 0.05) is 11.8 Å². The summed E-state index contributed by atoms with van der Waals surface area (Å²) in [6, 6.07) is 9.07. The molecule has 5 heteroatoms. The number of nitrogens with one attached hydrogen (secondary N) is 1. The Labute approximate surface area is 136 Å². The Morgan fingerprint density at radius 3 is 2.65 bits per heavy atom. The van der Waals surface area contributed by atoms with Gasteiger partial charge in [0.2, 0.25) is 0 Å². The molecule has 0 aliphatic carbocycles. The number of hydrogen-bond donors (Lipinski definition) is 1. The van der Waals surface area contributed by atoms with Gasteiger partial charge >= 0.3 is 0 Å². The summed E-state index contributed by atoms with van der Waals surface area (Å²) in [6.07, 6.45) is 0.869. The number of pyridine rings is 1. The number of hydrogen-bond acceptors (Lipinski definition) is 4. The Kier molecular flexibility index (Phi) is 5.57. The van der Waals surface area contributed by atoms with Crippen molar-refractivity contribution in [3.63, 3.8) is 0 Å². The third-order valence-corrected chi connectivity index (χ3v) is 3.34. The molecular formula is C18H22N2O3. The zero-order valence-corrected chi connectivity index (χ0v) is 14.0. The molecule has 0 saturated carbocycles. The van der Waals surface area contributed by atoms with E-state index in [2.05, 4.69) is 10.3 Å². The maximum atomic E-state index is 12.7. The van der Waals surface area contributed by atoms with Crippen LogP contribution in [0.25, 0.3) is 0 Å². The van der Waals surface area contributed by atoms with Crippen molar-refractivity contribution in [2.45, 2.75) is 27.2 Å². The first-order valence-corrected chi connectivity index (χ1v) is 7.62. The first kappa shape index (κ1) is 16.8. The highest BCUT2D eigenvalue weighted by Gasteiger charge is 2.19. The van der Waals surface area contributed by atoms with Gasteiger partial charge in [0.15, 0.2) is 0 Å². The molecule has 0 unspecified atom stereocenters. The third kappa shape index (κ3) is 4.00. The van der Waals surface area contributed by atoms with Crippen LogP contribution in [0.4, 0.5) is 5.69 Å². The minimum absolute atomic E-state index is 0.259. The molecule has 1 aromatic carbocycles. The minimum Gasteiger partial charge on any atom is -0.495 e. The average Bonchev–Trinajstić information content (AvgIpc) is 2.52. The number of carbonyl (C=O) groups excluding carboxylic acids is 1. The number of benzene rings is 1. The van der Waals surface area contributed by atoms with E-state index < -0.39 is 0 Å². The van der Waals surface area contributed by atoms with E-state index in [-0.39, 0.29) is 5.91 Å². The molecule has 1 N–H and O–H groups in total. The van der Waals surface area contributed by atoms with Crippen LogP contribution in [0.5, 0.6) is 11.5 Å². The van der Waals surface area contributed by atoms with Crippen LogP contribution in [0.1, 0.15) is 35.1 Å². The molecule has 0 atom stereocenters. The van der Waals surface area contributed by atoms with E-state index in [1.54, 1.807) is 25.3 Å². The monoisotopic (exact) mass is 314 g/mol. The van der Waals surface area contributed by atoms with Gasteiger partial charge in [-0.3, -0.25) is 9.78 Å². The van der Waals surface area contributed by atoms with Gasteiger partial charge in [-0.1, -0.05) is 19.1 Å². The van der Waals surface area contributed by atoms with Gasteiger partial charge in [0.25, 0.3) is 5.91 Å². The third-order valence-electron chi connectivity index (χ3n) is 3.34. The molecule has 1 aromatic heterocycles. The van der Waals surface area contributed by atoms with Gasteiger partial charge in [-0.25, -0.2) is 0 Å². The van der Waals surface area contributed by atoms with Gasteiger partial charge in [0.05, 0.1) is 25.1 Å². The second-order valence-corrected chi connectivity index (χ2v) is 5.23. The smallest absolute Gasteiger partial charge is 0.261 e. The number of carbonyl (C=O) groups is 1. The first-order chi connectivity index (χ1) is 11.1. The normalized spacial score (nSPS) is 10.3. The van der Waals surface area contributed by atoms with E-state index in [1.807, 2.05) is 32.9 Å². The molecule has 0 bridgehead atoms. The van der Waals surface area contributed by atoms with Gasteiger partial charge in [-0.2, -0.15) is 0 Å². The van der Waals surface area contributed by atoms with E-state index in [1.165, 1.54) is 0 Å². The van der Waals surface area contributed by atoms with Crippen LogP contribution in [-0.2, 0) is 0 Å². The SMILES string of the molecule is CCCOc1cc(C)nc(C)c1C(=O)Nc1ccccc1OC. The van der Waals surface area contributed by atoms with Crippen LogP contribution in [0.2, 0.25) is 0 Å². The van der Waals surface area contributed by atoms with E-state index in [4.69, 9.17) is 9.47 Å². The highest BCUT2D eigenvalue weighted by Crippen LogP contribution is 2.27. The molecule has 5 nitrogen and oxygen atoms in total. The van der Waals surface area contributed by atoms with Crippen molar-refractivity contribution in [2.75, 3.05) is 19.0 Å². The average molecular weight is 314 g/mol. The Hall–Kier alpha value is -2.56. The number of amides is 1. The van der Waals surface area contributed by atoms with Crippen molar-refractivity contribution in [1.82, 2.24) is 4.98 Å². The Morgan fingerprint density at radius 2 is 1.96 bits per heavy atom. The number of para-hydroxylation sites is 2. The Balaban J connectivity index is 2.34. The van der Waals surface area contributed by atoms with E-state index >= 15 is 0 Å². The largest absolute Gasteiger partial charge is 0.495 e. The van der Waals surface area contributed by atoms with Crippen molar-refractivity contribution >= 4 is 11.6 Å². The number of anilines is 1. The number of aryl methyl sites for hydroxylation is 2. The van der Waals surface area contributed by atoms with E-state index in [9.17, 15) is 4.79 Å². The van der Waals surface area contributed by atoms with Crippen molar-refractivity contribution in [3.8, 4) is 11.5 Å². The van der Waals surface area contributed by atoms with Crippen molar-refractivity contribution in [3.05, 3.63) is 47.3 Å². The zero-order valence-electron chi connectivity index (χ0n) is 14.0. The molecule has 0 radical (unpaired) electrons. The number of nitrogens with zero attached hydrogens (tertiary/aromatic N) is 1. The molecule has 0 spiro atoms. The zero-order chi connectivity index (χ0) is 16.8. The van der Waals surface area contributed by atoms with Gasteiger partial charge < -0.3 is 14.8 Å². The second kappa shape index (κ2) is 7.63. The lowest BCUT2D eigenvalue weighted by atomic mass is 10.1. The first-order valence-electron chi connectivity index (χ1n) is 7.62. The van der Waals surface area contributed by atoms with Crippen LogP contribution >= 0.6 is 0 Å². The topological polar surface area (TPSA) is 60.5 Å². The van der Waals surface area contributed by atoms with Crippen molar-refractivity contribution in [2.24, 2.45) is 0 Å². The number of rotatable bonds is 6. The van der Waals surface area contributed by atoms with Crippen molar-refractivity contribution in [1.29, 1.82) is 0 Å². The summed E-state index contributed by atoms with van der Waals surface area (Å²) in [5, 5.41) is 2.87. The fraction of sp³-hybridized carbons (Fsp3) is 0.333. The molecule has 0 aliphatic heterocycles. The molecule has 23 heavy (non-hydrogen) atoms. The minimum atomic E-state index is -0.259. The quantitative estimate of drug-likeness (QED) is 0.882. The number of methoxy groups -OCH3 is 1. The van der Waals surface area contributed by atoms with Crippen LogP contribution in [0.3, 0.4) is 0 Å². The van der Waals surface area contributed by atoms with Gasteiger partial charge in [-0.05, 0) is 32.4 Å². The summed E-state index contributed by atoms with van der Waals surface area (Å²) in [5.41, 5.74) is 2.53. The standard InChI is InChI=1S/C18H22N2O3/c1-5-10-23-16-11-12(2)19-13(3)17(16)18(21)20-14-8-6-7-9-15(14)22-4/h6-9,11H,5,10H2,1-4H3,(H,20,21). The molecule has 1 amide bonds. The predicted molar refractivity (Wildman–Crippen MR) is 90.4 cm³/mol. The molecule has 2 rings (SSSR count). The summed E-state index contributed by atoms with van der Waals surface area (Å²) in [4.78, 5) is 17.1. The second-order valence-electron chi connectivity index (χ2n) is 5.23. The maximum absolute atomic E-state index is 12.7. The highest BCUT2D eigenvalue weighted by atomic mass is 16.5. The molecule has 122 valence electrons. The van der Waals surface area contributed by atoms with Gasteiger partial charge in [0.1, 0.15) is 17.1 Å². The molecule has 0 aliphatic rings. The Morgan fingerprint density at radius 1 is 1.22 bits per heavy atom. The van der Waals surface area contributed by atoms with Crippen LogP contribution < -0.4 is 14.8 Å². The maximum Gasteiger partial charge on any atom is 0.261 e. The van der Waals surface area contributed by atoms with Crippen molar-refractivity contribution < 1.29 is 14.3 Å². The van der Waals surface area contributed by atoms with Crippen LogP contribution in [0.15, 0.2) is 30.3 Å². The predicted octanol–water partition coefficient (Wildman–Crippen LogP) is 3.75. The summed E-state index contributed by atoms with van der Waals surface area (Å²) < 4.78 is 11.0.